The summed E-state index contributed by atoms with van der Waals surface area (Å²) >= 11 is 7.23. The maximum Gasteiger partial charge on any atom is 0.187 e. The predicted molar refractivity (Wildman–Crippen MR) is 70.7 cm³/mol. The minimum absolute atomic E-state index is 0.320. The second-order valence-electron chi connectivity index (χ2n) is 4.32. The largest absolute Gasteiger partial charge is 0.351 e. The zero-order chi connectivity index (χ0) is 12.3. The van der Waals surface area contributed by atoms with Gasteiger partial charge < -0.3 is 10.2 Å². The Kier molecular flexibility index (Phi) is 4.21. The van der Waals surface area contributed by atoms with Gasteiger partial charge in [-0.3, -0.25) is 0 Å². The van der Waals surface area contributed by atoms with Gasteiger partial charge in [0.05, 0.1) is 0 Å². The normalized spacial score (nSPS) is 19.9. The van der Waals surface area contributed by atoms with Crippen molar-refractivity contribution in [3.63, 3.8) is 0 Å². The molecule has 0 amide bonds. The van der Waals surface area contributed by atoms with Crippen LogP contribution >= 0.6 is 22.9 Å². The fraction of sp³-hybridized carbons (Fsp3) is 0.636. The molecule has 0 aromatic carbocycles. The molecule has 1 saturated heterocycles. The zero-order valence-corrected chi connectivity index (χ0v) is 11.3. The van der Waals surface area contributed by atoms with Gasteiger partial charge >= 0.3 is 0 Å². The molecule has 1 unspecified atom stereocenters. The minimum atomic E-state index is 0.320. The molecular formula is C11H15ClN4S. The summed E-state index contributed by atoms with van der Waals surface area (Å²) in [7, 11) is 2.00. The van der Waals surface area contributed by atoms with Crippen molar-refractivity contribution in [1.29, 1.82) is 5.26 Å². The maximum absolute atomic E-state index is 8.84. The summed E-state index contributed by atoms with van der Waals surface area (Å²) in [5.74, 6) is 0.655. The highest BCUT2D eigenvalue weighted by molar-refractivity contribution is 7.16. The Morgan fingerprint density at radius 2 is 2.53 bits per heavy atom. The molecule has 0 spiro atoms. The number of anilines is 1. The van der Waals surface area contributed by atoms with Gasteiger partial charge in [0.25, 0.3) is 0 Å². The molecule has 0 bridgehead atoms. The third-order valence-electron chi connectivity index (χ3n) is 2.93. The van der Waals surface area contributed by atoms with Crippen molar-refractivity contribution in [2.45, 2.75) is 12.8 Å². The van der Waals surface area contributed by atoms with Crippen LogP contribution < -0.4 is 10.2 Å². The predicted octanol–water partition coefficient (Wildman–Crippen LogP) is 2.10. The molecule has 1 aromatic rings. The Morgan fingerprint density at radius 1 is 1.71 bits per heavy atom. The Balaban J connectivity index is 1.98. The average Bonchev–Trinajstić information content (AvgIpc) is 2.72. The standard InChI is InChI=1S/C11H15ClN4S/c1-16(7-8-3-2-4-14-6-8)11-15-10(12)9(5-13)17-11/h8,14H,2-4,6-7H2,1H3. The molecule has 2 heterocycles. The van der Waals surface area contributed by atoms with E-state index in [1.54, 1.807) is 0 Å². The molecule has 1 N–H and O–H groups in total. The molecule has 1 atom stereocenters. The fourth-order valence-electron chi connectivity index (χ4n) is 2.07. The second kappa shape index (κ2) is 5.67. The summed E-state index contributed by atoms with van der Waals surface area (Å²) in [6, 6.07) is 2.06. The van der Waals surface area contributed by atoms with Crippen LogP contribution in [0.5, 0.6) is 0 Å². The molecule has 1 fully saturated rings. The van der Waals surface area contributed by atoms with E-state index in [1.807, 2.05) is 7.05 Å². The van der Waals surface area contributed by atoms with Crippen LogP contribution in [0.1, 0.15) is 17.7 Å². The first-order chi connectivity index (χ1) is 8.20. The second-order valence-corrected chi connectivity index (χ2v) is 5.66. The van der Waals surface area contributed by atoms with Crippen LogP contribution in [0.15, 0.2) is 0 Å². The number of nitrogens with one attached hydrogen (secondary N) is 1. The molecule has 0 radical (unpaired) electrons. The van der Waals surface area contributed by atoms with Crippen molar-refractivity contribution in [1.82, 2.24) is 10.3 Å². The number of nitrogens with zero attached hydrogens (tertiary/aromatic N) is 3. The lowest BCUT2D eigenvalue weighted by Crippen LogP contribution is -2.36. The summed E-state index contributed by atoms with van der Waals surface area (Å²) < 4.78 is 0. The summed E-state index contributed by atoms with van der Waals surface area (Å²) in [6.07, 6.45) is 2.49. The quantitative estimate of drug-likeness (QED) is 0.914. The van der Waals surface area contributed by atoms with E-state index < -0.39 is 0 Å². The lowest BCUT2D eigenvalue weighted by Gasteiger charge is -2.27. The van der Waals surface area contributed by atoms with Crippen LogP contribution in [0, 0.1) is 17.2 Å². The van der Waals surface area contributed by atoms with E-state index >= 15 is 0 Å². The Hall–Kier alpha value is -0.830. The molecule has 17 heavy (non-hydrogen) atoms. The lowest BCUT2D eigenvalue weighted by molar-refractivity contribution is 0.381. The molecule has 0 aliphatic carbocycles. The van der Waals surface area contributed by atoms with Gasteiger partial charge in [-0.05, 0) is 31.8 Å². The third-order valence-corrected chi connectivity index (χ3v) is 4.39. The summed E-state index contributed by atoms with van der Waals surface area (Å²) in [5.41, 5.74) is 0. The Labute approximate surface area is 110 Å². The molecular weight excluding hydrogens is 256 g/mol. The number of rotatable bonds is 3. The van der Waals surface area contributed by atoms with Crippen molar-refractivity contribution in [2.24, 2.45) is 5.92 Å². The van der Waals surface area contributed by atoms with Crippen LogP contribution in [0.25, 0.3) is 0 Å². The van der Waals surface area contributed by atoms with E-state index in [0.717, 1.165) is 24.8 Å². The van der Waals surface area contributed by atoms with E-state index in [2.05, 4.69) is 21.3 Å². The van der Waals surface area contributed by atoms with Gasteiger partial charge in [0.1, 0.15) is 10.9 Å². The van der Waals surface area contributed by atoms with Crippen LogP contribution in [-0.4, -0.2) is 31.7 Å². The van der Waals surface area contributed by atoms with Gasteiger partial charge in [-0.1, -0.05) is 22.9 Å². The molecule has 6 heteroatoms. The fourth-order valence-corrected chi connectivity index (χ4v) is 3.08. The number of aromatic nitrogens is 1. The van der Waals surface area contributed by atoms with E-state index in [-0.39, 0.29) is 0 Å². The Morgan fingerprint density at radius 3 is 3.12 bits per heavy atom. The van der Waals surface area contributed by atoms with Crippen molar-refractivity contribution in [3.05, 3.63) is 10.0 Å². The van der Waals surface area contributed by atoms with Gasteiger partial charge in [-0.2, -0.15) is 5.26 Å². The van der Waals surface area contributed by atoms with Crippen LogP contribution in [0.4, 0.5) is 5.13 Å². The number of halogens is 1. The van der Waals surface area contributed by atoms with Gasteiger partial charge in [0.2, 0.25) is 0 Å². The number of nitriles is 1. The zero-order valence-electron chi connectivity index (χ0n) is 9.74. The van der Waals surface area contributed by atoms with Crippen LogP contribution in [0.2, 0.25) is 5.15 Å². The topological polar surface area (TPSA) is 52.0 Å². The molecule has 1 aliphatic rings. The monoisotopic (exact) mass is 270 g/mol. The maximum atomic E-state index is 8.84. The van der Waals surface area contributed by atoms with Crippen molar-refractivity contribution in [3.8, 4) is 6.07 Å². The average molecular weight is 271 g/mol. The molecule has 1 aliphatic heterocycles. The van der Waals surface area contributed by atoms with Gasteiger partial charge in [0, 0.05) is 13.6 Å². The lowest BCUT2D eigenvalue weighted by atomic mass is 9.99. The van der Waals surface area contributed by atoms with E-state index in [4.69, 9.17) is 16.9 Å². The summed E-state index contributed by atoms with van der Waals surface area (Å²) in [6.45, 7) is 3.15. The van der Waals surface area contributed by atoms with E-state index in [9.17, 15) is 0 Å². The first-order valence-electron chi connectivity index (χ1n) is 5.69. The van der Waals surface area contributed by atoms with Crippen LogP contribution in [-0.2, 0) is 0 Å². The third kappa shape index (κ3) is 3.09. The van der Waals surface area contributed by atoms with Crippen molar-refractivity contribution >= 4 is 28.1 Å². The van der Waals surface area contributed by atoms with Gasteiger partial charge in [0.15, 0.2) is 10.3 Å². The molecule has 2 rings (SSSR count). The van der Waals surface area contributed by atoms with Crippen LogP contribution in [0.3, 0.4) is 0 Å². The first-order valence-corrected chi connectivity index (χ1v) is 6.88. The highest BCUT2D eigenvalue weighted by Crippen LogP contribution is 2.29. The van der Waals surface area contributed by atoms with Crippen molar-refractivity contribution < 1.29 is 0 Å². The number of thiazole rings is 1. The molecule has 4 nitrogen and oxygen atoms in total. The van der Waals surface area contributed by atoms with Gasteiger partial charge in [-0.25, -0.2) is 4.98 Å². The minimum Gasteiger partial charge on any atom is -0.351 e. The molecule has 1 aromatic heterocycles. The molecule has 92 valence electrons. The molecule has 0 saturated carbocycles. The van der Waals surface area contributed by atoms with E-state index in [1.165, 1.54) is 24.2 Å². The SMILES string of the molecule is CN(CC1CCCNC1)c1nc(Cl)c(C#N)s1. The highest BCUT2D eigenvalue weighted by atomic mass is 35.5. The number of piperidine rings is 1. The van der Waals surface area contributed by atoms with Crippen molar-refractivity contribution in [2.75, 3.05) is 31.6 Å². The Bertz CT molecular complexity index is 420. The smallest absolute Gasteiger partial charge is 0.187 e. The van der Waals surface area contributed by atoms with E-state index in [0.29, 0.717) is 15.9 Å². The summed E-state index contributed by atoms with van der Waals surface area (Å²) in [4.78, 5) is 6.80. The van der Waals surface area contributed by atoms with Gasteiger partial charge in [-0.15, -0.1) is 0 Å². The number of hydrogen-bond donors (Lipinski definition) is 1. The highest BCUT2D eigenvalue weighted by Gasteiger charge is 2.18. The summed E-state index contributed by atoms with van der Waals surface area (Å²) in [5, 5.41) is 13.4. The number of hydrogen-bond acceptors (Lipinski definition) is 5. The first kappa shape index (κ1) is 12.6.